The Hall–Kier alpha value is -1.96. The average molecular weight is 196 g/mol. The summed E-state index contributed by atoms with van der Waals surface area (Å²) >= 11 is 0. The molecule has 0 unspecified atom stereocenters. The molecule has 72 valence electrons. The quantitative estimate of drug-likeness (QED) is 0.744. The molecule has 1 rings (SSSR count). The first-order chi connectivity index (χ1) is 6.56. The molecule has 1 N–H and O–H groups in total. The van der Waals surface area contributed by atoms with Gasteiger partial charge in [0.25, 0.3) is 0 Å². The number of rotatable bonds is 1. The van der Waals surface area contributed by atoms with Crippen molar-refractivity contribution in [3.63, 3.8) is 0 Å². The number of amides is 1. The first-order valence-electron chi connectivity index (χ1n) is 3.72. The summed E-state index contributed by atoms with van der Waals surface area (Å²) in [6.07, 6.45) is 0. The van der Waals surface area contributed by atoms with Crippen molar-refractivity contribution < 1.29 is 13.6 Å². The number of nitriles is 1. The second-order valence-corrected chi connectivity index (χ2v) is 2.58. The standard InChI is InChI=1S/C9H6F2N2O/c1-5(14)13-7-3-2-6(4-12)8(10)9(7)11/h2-3H,1H3,(H,13,14). The highest BCUT2D eigenvalue weighted by atomic mass is 19.2. The van der Waals surface area contributed by atoms with Crippen LogP contribution < -0.4 is 5.32 Å². The van der Waals surface area contributed by atoms with E-state index in [1.807, 2.05) is 0 Å². The fourth-order valence-electron chi connectivity index (χ4n) is 0.922. The van der Waals surface area contributed by atoms with Gasteiger partial charge in [0.15, 0.2) is 11.6 Å². The molecule has 0 aliphatic heterocycles. The Morgan fingerprint density at radius 2 is 2.07 bits per heavy atom. The number of hydrogen-bond donors (Lipinski definition) is 1. The van der Waals surface area contributed by atoms with Gasteiger partial charge in [0.1, 0.15) is 6.07 Å². The van der Waals surface area contributed by atoms with Crippen molar-refractivity contribution in [2.24, 2.45) is 0 Å². The predicted molar refractivity (Wildman–Crippen MR) is 45.4 cm³/mol. The fraction of sp³-hybridized carbons (Fsp3) is 0.111. The van der Waals surface area contributed by atoms with Gasteiger partial charge in [-0.15, -0.1) is 0 Å². The minimum absolute atomic E-state index is 0.269. The SMILES string of the molecule is CC(=O)Nc1ccc(C#N)c(F)c1F. The van der Waals surface area contributed by atoms with Crippen LogP contribution in [-0.4, -0.2) is 5.91 Å². The van der Waals surface area contributed by atoms with Gasteiger partial charge in [0.05, 0.1) is 11.3 Å². The zero-order valence-electron chi connectivity index (χ0n) is 7.27. The van der Waals surface area contributed by atoms with E-state index in [0.29, 0.717) is 0 Å². The van der Waals surface area contributed by atoms with Crippen molar-refractivity contribution in [3.05, 3.63) is 29.3 Å². The zero-order chi connectivity index (χ0) is 10.7. The Balaban J connectivity index is 3.18. The van der Waals surface area contributed by atoms with E-state index >= 15 is 0 Å². The smallest absolute Gasteiger partial charge is 0.221 e. The first kappa shape index (κ1) is 10.1. The maximum Gasteiger partial charge on any atom is 0.221 e. The van der Waals surface area contributed by atoms with Crippen molar-refractivity contribution in [3.8, 4) is 6.07 Å². The Morgan fingerprint density at radius 3 is 2.57 bits per heavy atom. The zero-order valence-corrected chi connectivity index (χ0v) is 7.27. The van der Waals surface area contributed by atoms with E-state index < -0.39 is 23.1 Å². The van der Waals surface area contributed by atoms with E-state index in [4.69, 9.17) is 5.26 Å². The van der Waals surface area contributed by atoms with Crippen LogP contribution in [0.15, 0.2) is 12.1 Å². The highest BCUT2D eigenvalue weighted by molar-refractivity contribution is 5.88. The van der Waals surface area contributed by atoms with Gasteiger partial charge in [-0.05, 0) is 12.1 Å². The van der Waals surface area contributed by atoms with Gasteiger partial charge >= 0.3 is 0 Å². The summed E-state index contributed by atoms with van der Waals surface area (Å²) in [6.45, 7) is 1.18. The van der Waals surface area contributed by atoms with E-state index in [-0.39, 0.29) is 5.69 Å². The predicted octanol–water partition coefficient (Wildman–Crippen LogP) is 1.79. The molecule has 0 aliphatic rings. The Labute approximate surface area is 79.0 Å². The van der Waals surface area contributed by atoms with Gasteiger partial charge < -0.3 is 5.32 Å². The van der Waals surface area contributed by atoms with E-state index in [9.17, 15) is 13.6 Å². The lowest BCUT2D eigenvalue weighted by Crippen LogP contribution is -2.08. The van der Waals surface area contributed by atoms with Crippen LogP contribution in [0.4, 0.5) is 14.5 Å². The summed E-state index contributed by atoms with van der Waals surface area (Å²) in [7, 11) is 0. The van der Waals surface area contributed by atoms with Gasteiger partial charge in [0, 0.05) is 6.92 Å². The molecule has 0 spiro atoms. The lowest BCUT2D eigenvalue weighted by Gasteiger charge is -2.04. The first-order valence-corrected chi connectivity index (χ1v) is 3.72. The van der Waals surface area contributed by atoms with Crippen LogP contribution >= 0.6 is 0 Å². The van der Waals surface area contributed by atoms with Gasteiger partial charge in [-0.2, -0.15) is 5.26 Å². The normalized spacial score (nSPS) is 9.29. The number of anilines is 1. The fourth-order valence-corrected chi connectivity index (χ4v) is 0.922. The number of halogens is 2. The summed E-state index contributed by atoms with van der Waals surface area (Å²) in [4.78, 5) is 10.6. The molecule has 0 fully saturated rings. The number of carbonyl (C=O) groups excluding carboxylic acids is 1. The molecule has 0 saturated carbocycles. The maximum atomic E-state index is 13.1. The van der Waals surface area contributed by atoms with Crippen LogP contribution in [0, 0.1) is 23.0 Å². The van der Waals surface area contributed by atoms with Crippen LogP contribution in [0.3, 0.4) is 0 Å². The van der Waals surface area contributed by atoms with Gasteiger partial charge in [-0.3, -0.25) is 4.79 Å². The third-order valence-electron chi connectivity index (χ3n) is 1.51. The lowest BCUT2D eigenvalue weighted by molar-refractivity contribution is -0.114. The molecule has 0 bridgehead atoms. The third kappa shape index (κ3) is 1.85. The van der Waals surface area contributed by atoms with Gasteiger partial charge in [-0.1, -0.05) is 0 Å². The van der Waals surface area contributed by atoms with Gasteiger partial charge in [0.2, 0.25) is 5.91 Å². The van der Waals surface area contributed by atoms with Gasteiger partial charge in [-0.25, -0.2) is 8.78 Å². The highest BCUT2D eigenvalue weighted by Crippen LogP contribution is 2.19. The van der Waals surface area contributed by atoms with Crippen molar-refractivity contribution in [1.82, 2.24) is 0 Å². The van der Waals surface area contributed by atoms with Crippen molar-refractivity contribution >= 4 is 11.6 Å². The molecular weight excluding hydrogens is 190 g/mol. The number of hydrogen-bond acceptors (Lipinski definition) is 2. The molecular formula is C9H6F2N2O. The summed E-state index contributed by atoms with van der Waals surface area (Å²) in [5, 5.41) is 10.5. The van der Waals surface area contributed by atoms with E-state index in [1.165, 1.54) is 13.0 Å². The van der Waals surface area contributed by atoms with Crippen LogP contribution in [0.1, 0.15) is 12.5 Å². The molecule has 3 nitrogen and oxygen atoms in total. The van der Waals surface area contributed by atoms with Crippen molar-refractivity contribution in [1.29, 1.82) is 5.26 Å². The molecule has 0 aliphatic carbocycles. The molecule has 0 radical (unpaired) electrons. The minimum atomic E-state index is -1.25. The molecule has 0 atom stereocenters. The number of nitrogens with zero attached hydrogens (tertiary/aromatic N) is 1. The molecule has 1 amide bonds. The summed E-state index contributed by atoms with van der Waals surface area (Å²) < 4.78 is 26.0. The Morgan fingerprint density at radius 1 is 1.43 bits per heavy atom. The van der Waals surface area contributed by atoms with Crippen molar-refractivity contribution in [2.45, 2.75) is 6.92 Å². The molecule has 0 heterocycles. The largest absolute Gasteiger partial charge is 0.324 e. The molecule has 5 heteroatoms. The van der Waals surface area contributed by atoms with Crippen LogP contribution in [0.25, 0.3) is 0 Å². The van der Waals surface area contributed by atoms with E-state index in [1.54, 1.807) is 0 Å². The Kier molecular flexibility index (Phi) is 2.77. The van der Waals surface area contributed by atoms with E-state index in [2.05, 4.69) is 5.32 Å². The van der Waals surface area contributed by atoms with Crippen LogP contribution in [0.2, 0.25) is 0 Å². The van der Waals surface area contributed by atoms with Crippen molar-refractivity contribution in [2.75, 3.05) is 5.32 Å². The monoisotopic (exact) mass is 196 g/mol. The van der Waals surface area contributed by atoms with Crippen LogP contribution in [0.5, 0.6) is 0 Å². The summed E-state index contributed by atoms with van der Waals surface area (Å²) in [5.74, 6) is -2.98. The number of nitrogens with one attached hydrogen (secondary N) is 1. The maximum absolute atomic E-state index is 13.1. The molecule has 0 aromatic heterocycles. The molecule has 1 aromatic carbocycles. The number of carbonyl (C=O) groups is 1. The minimum Gasteiger partial charge on any atom is -0.324 e. The second kappa shape index (κ2) is 3.83. The van der Waals surface area contributed by atoms with E-state index in [0.717, 1.165) is 12.1 Å². The highest BCUT2D eigenvalue weighted by Gasteiger charge is 2.13. The summed E-state index contributed by atoms with van der Waals surface area (Å²) in [6, 6.07) is 3.73. The van der Waals surface area contributed by atoms with Crippen LogP contribution in [-0.2, 0) is 4.79 Å². The average Bonchev–Trinajstić information content (AvgIpc) is 2.13. The topological polar surface area (TPSA) is 52.9 Å². The molecule has 0 saturated heterocycles. The number of benzene rings is 1. The lowest BCUT2D eigenvalue weighted by atomic mass is 10.2. The molecule has 14 heavy (non-hydrogen) atoms. The summed E-state index contributed by atoms with van der Waals surface area (Å²) in [5.41, 5.74) is -0.661. The third-order valence-corrected chi connectivity index (χ3v) is 1.51. The molecule has 1 aromatic rings. The Bertz CT molecular complexity index is 424. The second-order valence-electron chi connectivity index (χ2n) is 2.58.